The second-order valence-electron chi connectivity index (χ2n) is 10.4. The van der Waals surface area contributed by atoms with Crippen LogP contribution >= 0.6 is 0 Å². The Morgan fingerprint density at radius 3 is 2.27 bits per heavy atom. The smallest absolute Gasteiger partial charge is 0.246 e. The first-order valence-corrected chi connectivity index (χ1v) is 14.0. The standard InChI is InChI=1S/C33H39FN4O2/c1-37(32(39)19-16-25-14-17-28(34)18-15-25)23-29-20-22-38(33(40)31(36-29)13-8-21-35)24-30(26-9-4-2-5-10-26)27-11-6-3-7-12-27/h2-7,9-12,14-19,29-31,36H,8,13,20-24,35H2,1H3. The SMILES string of the molecule is CN(CC1CCN(CC(c2ccccc2)c2ccccc2)C(=O)C(CCCN)N1)C(=O)C=Cc1ccc(F)cc1. The molecule has 0 bridgehead atoms. The van der Waals surface area contributed by atoms with Crippen molar-refractivity contribution in [3.8, 4) is 0 Å². The zero-order chi connectivity index (χ0) is 28.3. The molecule has 1 aliphatic rings. The van der Waals surface area contributed by atoms with E-state index in [1.54, 1.807) is 30.2 Å². The largest absolute Gasteiger partial charge is 0.341 e. The van der Waals surface area contributed by atoms with Crippen molar-refractivity contribution in [3.05, 3.63) is 114 Å². The first-order valence-electron chi connectivity index (χ1n) is 14.0. The lowest BCUT2D eigenvalue weighted by Crippen LogP contribution is -2.49. The molecule has 6 nitrogen and oxygen atoms in total. The van der Waals surface area contributed by atoms with Gasteiger partial charge in [0.25, 0.3) is 0 Å². The van der Waals surface area contributed by atoms with Crippen molar-refractivity contribution in [1.82, 2.24) is 15.1 Å². The molecule has 3 aromatic carbocycles. The molecule has 3 aromatic rings. The number of amides is 2. The summed E-state index contributed by atoms with van der Waals surface area (Å²) in [7, 11) is 1.76. The number of hydrogen-bond donors (Lipinski definition) is 2. The van der Waals surface area contributed by atoms with E-state index in [1.807, 2.05) is 41.3 Å². The van der Waals surface area contributed by atoms with Crippen molar-refractivity contribution < 1.29 is 14.0 Å². The summed E-state index contributed by atoms with van der Waals surface area (Å²) < 4.78 is 13.2. The van der Waals surface area contributed by atoms with Gasteiger partial charge in [-0.15, -0.1) is 0 Å². The number of hydrogen-bond acceptors (Lipinski definition) is 4. The summed E-state index contributed by atoms with van der Waals surface area (Å²) in [6.45, 7) is 2.15. The van der Waals surface area contributed by atoms with E-state index in [4.69, 9.17) is 5.73 Å². The summed E-state index contributed by atoms with van der Waals surface area (Å²) in [6.07, 6.45) is 5.28. The number of nitrogens with one attached hydrogen (secondary N) is 1. The average Bonchev–Trinajstić information content (AvgIpc) is 3.13. The third kappa shape index (κ3) is 8.10. The maximum Gasteiger partial charge on any atom is 0.246 e. The molecular formula is C33H39FN4O2. The number of benzene rings is 3. The molecule has 0 aliphatic carbocycles. The molecule has 1 saturated heterocycles. The third-order valence-electron chi connectivity index (χ3n) is 7.46. The van der Waals surface area contributed by atoms with Gasteiger partial charge in [0, 0.05) is 44.7 Å². The normalized spacial score (nSPS) is 17.8. The monoisotopic (exact) mass is 542 g/mol. The van der Waals surface area contributed by atoms with Gasteiger partial charge in [-0.05, 0) is 60.7 Å². The molecule has 2 atom stereocenters. The summed E-state index contributed by atoms with van der Waals surface area (Å²) >= 11 is 0. The highest BCUT2D eigenvalue weighted by atomic mass is 19.1. The molecular weight excluding hydrogens is 503 g/mol. The fourth-order valence-electron chi connectivity index (χ4n) is 5.22. The van der Waals surface area contributed by atoms with Gasteiger partial charge in [-0.3, -0.25) is 9.59 Å². The second-order valence-corrected chi connectivity index (χ2v) is 10.4. The molecule has 1 fully saturated rings. The number of carbonyl (C=O) groups excluding carboxylic acids is 2. The molecule has 0 radical (unpaired) electrons. The molecule has 1 heterocycles. The Hall–Kier alpha value is -3.81. The molecule has 210 valence electrons. The van der Waals surface area contributed by atoms with Crippen LogP contribution < -0.4 is 11.1 Å². The Labute approximate surface area is 236 Å². The second kappa shape index (κ2) is 14.5. The Bertz CT molecular complexity index is 1210. The summed E-state index contributed by atoms with van der Waals surface area (Å²) in [4.78, 5) is 30.3. The van der Waals surface area contributed by atoms with Crippen LogP contribution in [0.4, 0.5) is 4.39 Å². The number of rotatable bonds is 11. The van der Waals surface area contributed by atoms with Crippen LogP contribution in [0.3, 0.4) is 0 Å². The topological polar surface area (TPSA) is 78.7 Å². The van der Waals surface area contributed by atoms with Crippen molar-refractivity contribution >= 4 is 17.9 Å². The summed E-state index contributed by atoms with van der Waals surface area (Å²) in [5.41, 5.74) is 8.91. The maximum absolute atomic E-state index is 13.8. The molecule has 1 aliphatic heterocycles. The summed E-state index contributed by atoms with van der Waals surface area (Å²) in [6, 6.07) is 26.2. The Morgan fingerprint density at radius 1 is 1.05 bits per heavy atom. The van der Waals surface area contributed by atoms with Crippen LogP contribution in [0, 0.1) is 5.82 Å². The fraction of sp³-hybridized carbons (Fsp3) is 0.333. The van der Waals surface area contributed by atoms with E-state index in [-0.39, 0.29) is 35.6 Å². The molecule has 0 aromatic heterocycles. The van der Waals surface area contributed by atoms with Crippen LogP contribution in [-0.2, 0) is 9.59 Å². The zero-order valence-corrected chi connectivity index (χ0v) is 23.1. The lowest BCUT2D eigenvalue weighted by molar-refractivity contribution is -0.133. The van der Waals surface area contributed by atoms with E-state index >= 15 is 0 Å². The van der Waals surface area contributed by atoms with Gasteiger partial charge >= 0.3 is 0 Å². The summed E-state index contributed by atoms with van der Waals surface area (Å²) in [5.74, 6) is -0.325. The van der Waals surface area contributed by atoms with E-state index in [1.165, 1.54) is 29.3 Å². The van der Waals surface area contributed by atoms with Crippen molar-refractivity contribution in [2.24, 2.45) is 5.73 Å². The highest BCUT2D eigenvalue weighted by Crippen LogP contribution is 2.27. The third-order valence-corrected chi connectivity index (χ3v) is 7.46. The minimum absolute atomic E-state index is 0.0446. The molecule has 40 heavy (non-hydrogen) atoms. The van der Waals surface area contributed by atoms with Gasteiger partial charge in [0.2, 0.25) is 11.8 Å². The molecule has 4 rings (SSSR count). The first kappa shape index (κ1) is 29.2. The fourth-order valence-corrected chi connectivity index (χ4v) is 5.22. The maximum atomic E-state index is 13.8. The number of nitrogens with zero attached hydrogens (tertiary/aromatic N) is 2. The highest BCUT2D eigenvalue weighted by Gasteiger charge is 2.33. The van der Waals surface area contributed by atoms with Gasteiger partial charge in [-0.25, -0.2) is 4.39 Å². The number of nitrogens with two attached hydrogens (primary N) is 1. The quantitative estimate of drug-likeness (QED) is 0.352. The van der Waals surface area contributed by atoms with Gasteiger partial charge < -0.3 is 20.9 Å². The Balaban J connectivity index is 1.47. The highest BCUT2D eigenvalue weighted by molar-refractivity contribution is 5.91. The van der Waals surface area contributed by atoms with Crippen molar-refractivity contribution in [2.45, 2.75) is 37.3 Å². The van der Waals surface area contributed by atoms with Crippen LogP contribution in [0.1, 0.15) is 41.9 Å². The van der Waals surface area contributed by atoms with Gasteiger partial charge in [0.1, 0.15) is 5.82 Å². The predicted octanol–water partition coefficient (Wildman–Crippen LogP) is 4.43. The zero-order valence-electron chi connectivity index (χ0n) is 23.1. The van der Waals surface area contributed by atoms with Crippen molar-refractivity contribution in [3.63, 3.8) is 0 Å². The van der Waals surface area contributed by atoms with Gasteiger partial charge in [-0.2, -0.15) is 0 Å². The van der Waals surface area contributed by atoms with E-state index in [0.29, 0.717) is 32.6 Å². The minimum atomic E-state index is -0.360. The summed E-state index contributed by atoms with van der Waals surface area (Å²) in [5, 5.41) is 3.54. The number of likely N-dealkylation sites (N-methyl/N-ethyl adjacent to an activating group) is 1. The van der Waals surface area contributed by atoms with Crippen LogP contribution in [-0.4, -0.2) is 66.9 Å². The number of carbonyl (C=O) groups is 2. The molecule has 0 saturated carbocycles. The predicted molar refractivity (Wildman–Crippen MR) is 158 cm³/mol. The van der Waals surface area contributed by atoms with E-state index < -0.39 is 0 Å². The number of halogens is 1. The first-order chi connectivity index (χ1) is 19.4. The molecule has 3 N–H and O–H groups in total. The molecule has 7 heteroatoms. The lowest BCUT2D eigenvalue weighted by atomic mass is 9.90. The van der Waals surface area contributed by atoms with Crippen molar-refractivity contribution in [1.29, 1.82) is 0 Å². The Morgan fingerprint density at radius 2 is 1.68 bits per heavy atom. The van der Waals surface area contributed by atoms with E-state index in [9.17, 15) is 14.0 Å². The molecule has 2 amide bonds. The van der Waals surface area contributed by atoms with Gasteiger partial charge in [-0.1, -0.05) is 72.8 Å². The minimum Gasteiger partial charge on any atom is -0.341 e. The lowest BCUT2D eigenvalue weighted by Gasteiger charge is -2.29. The van der Waals surface area contributed by atoms with Gasteiger partial charge in [0.05, 0.1) is 6.04 Å². The van der Waals surface area contributed by atoms with Crippen molar-refractivity contribution in [2.75, 3.05) is 33.2 Å². The van der Waals surface area contributed by atoms with E-state index in [0.717, 1.165) is 18.4 Å². The molecule has 2 unspecified atom stereocenters. The van der Waals surface area contributed by atoms with E-state index in [2.05, 4.69) is 29.6 Å². The van der Waals surface area contributed by atoms with Crippen LogP contribution in [0.25, 0.3) is 6.08 Å². The Kier molecular flexibility index (Phi) is 10.6. The molecule has 0 spiro atoms. The van der Waals surface area contributed by atoms with Crippen LogP contribution in [0.2, 0.25) is 0 Å². The van der Waals surface area contributed by atoms with Crippen LogP contribution in [0.5, 0.6) is 0 Å². The van der Waals surface area contributed by atoms with Gasteiger partial charge in [0.15, 0.2) is 0 Å². The van der Waals surface area contributed by atoms with Crippen LogP contribution in [0.15, 0.2) is 91.0 Å². The average molecular weight is 543 g/mol.